The highest BCUT2D eigenvalue weighted by Gasteiger charge is 2.27. The molecule has 2 aromatic rings. The molecule has 1 heterocycles. The lowest BCUT2D eigenvalue weighted by atomic mass is 9.99. The molecule has 7 heteroatoms. The van der Waals surface area contributed by atoms with E-state index >= 15 is 0 Å². The van der Waals surface area contributed by atoms with Crippen LogP contribution in [0.4, 0.5) is 5.69 Å². The number of ketones is 1. The van der Waals surface area contributed by atoms with Gasteiger partial charge in [0.2, 0.25) is 5.91 Å². The number of carbonyl (C=O) groups excluding carboxylic acids is 3. The van der Waals surface area contributed by atoms with E-state index in [0.29, 0.717) is 26.9 Å². The third-order valence-electron chi connectivity index (χ3n) is 4.20. The summed E-state index contributed by atoms with van der Waals surface area (Å²) in [7, 11) is 0. The molecule has 0 aromatic heterocycles. The van der Waals surface area contributed by atoms with Gasteiger partial charge in [0.1, 0.15) is 0 Å². The molecular weight excluding hydrogens is 389 g/mol. The van der Waals surface area contributed by atoms with Crippen molar-refractivity contribution in [2.24, 2.45) is 0 Å². The standard InChI is InChI=1S/C20H15Cl2NO4/c1-11-15-8-13(3-6-17(15)23-20(11)26)18(24)10-27-19(25)7-4-12-2-5-14(21)9-16(12)22/h2-9,11H,10H2,1H3,(H,23,26)/b7-4+/t11-/m1/s1. The molecule has 1 atom stereocenters. The quantitative estimate of drug-likeness (QED) is 0.453. The number of nitrogens with one attached hydrogen (secondary N) is 1. The summed E-state index contributed by atoms with van der Waals surface area (Å²) in [6, 6.07) is 9.80. The Balaban J connectivity index is 1.60. The van der Waals surface area contributed by atoms with Gasteiger partial charge in [-0.3, -0.25) is 9.59 Å². The zero-order chi connectivity index (χ0) is 19.6. The number of Topliss-reactive ketones (excluding diaryl/α,β-unsaturated/α-hetero) is 1. The molecule has 0 spiro atoms. The Morgan fingerprint density at radius 1 is 1.19 bits per heavy atom. The number of ether oxygens (including phenoxy) is 1. The number of carbonyl (C=O) groups is 3. The monoisotopic (exact) mass is 403 g/mol. The summed E-state index contributed by atoms with van der Waals surface area (Å²) in [6.07, 6.45) is 2.68. The van der Waals surface area contributed by atoms with Gasteiger partial charge >= 0.3 is 5.97 Å². The molecule has 0 fully saturated rings. The Kier molecular flexibility index (Phi) is 5.63. The molecule has 0 saturated carbocycles. The maximum atomic E-state index is 12.3. The number of amides is 1. The van der Waals surface area contributed by atoms with Crippen LogP contribution in [-0.4, -0.2) is 24.3 Å². The Labute approximate surface area is 165 Å². The average molecular weight is 404 g/mol. The SMILES string of the molecule is C[C@H]1C(=O)Nc2ccc(C(=O)COC(=O)/C=C/c3ccc(Cl)cc3Cl)cc21. The van der Waals surface area contributed by atoms with Gasteiger partial charge in [-0.25, -0.2) is 4.79 Å². The van der Waals surface area contributed by atoms with Crippen molar-refractivity contribution in [2.75, 3.05) is 11.9 Å². The van der Waals surface area contributed by atoms with E-state index in [1.165, 1.54) is 12.2 Å². The van der Waals surface area contributed by atoms with Crippen LogP contribution in [0.25, 0.3) is 6.08 Å². The van der Waals surface area contributed by atoms with Crippen molar-refractivity contribution in [3.8, 4) is 0 Å². The lowest BCUT2D eigenvalue weighted by Crippen LogP contribution is -2.13. The van der Waals surface area contributed by atoms with E-state index in [4.69, 9.17) is 27.9 Å². The van der Waals surface area contributed by atoms with E-state index in [1.807, 2.05) is 0 Å². The molecule has 1 amide bonds. The molecule has 1 aliphatic rings. The summed E-state index contributed by atoms with van der Waals surface area (Å²) in [5.74, 6) is -1.44. The van der Waals surface area contributed by atoms with Crippen LogP contribution < -0.4 is 5.32 Å². The highest BCUT2D eigenvalue weighted by Crippen LogP contribution is 2.32. The number of esters is 1. The van der Waals surface area contributed by atoms with Gasteiger partial charge in [-0.15, -0.1) is 0 Å². The lowest BCUT2D eigenvalue weighted by Gasteiger charge is -2.06. The van der Waals surface area contributed by atoms with E-state index in [-0.39, 0.29) is 17.6 Å². The molecule has 27 heavy (non-hydrogen) atoms. The maximum absolute atomic E-state index is 12.3. The number of hydrogen-bond donors (Lipinski definition) is 1. The molecule has 0 radical (unpaired) electrons. The van der Waals surface area contributed by atoms with Gasteiger partial charge in [0.05, 0.1) is 5.92 Å². The highest BCUT2D eigenvalue weighted by molar-refractivity contribution is 6.35. The summed E-state index contributed by atoms with van der Waals surface area (Å²) < 4.78 is 4.98. The summed E-state index contributed by atoms with van der Waals surface area (Å²) in [5, 5.41) is 3.63. The van der Waals surface area contributed by atoms with Gasteiger partial charge in [0.25, 0.3) is 0 Å². The number of halogens is 2. The zero-order valence-corrected chi connectivity index (χ0v) is 15.8. The van der Waals surface area contributed by atoms with Crippen LogP contribution in [0.3, 0.4) is 0 Å². The third kappa shape index (κ3) is 4.38. The van der Waals surface area contributed by atoms with Crippen molar-refractivity contribution in [2.45, 2.75) is 12.8 Å². The number of fused-ring (bicyclic) bond motifs is 1. The van der Waals surface area contributed by atoms with Crippen LogP contribution in [0.5, 0.6) is 0 Å². The van der Waals surface area contributed by atoms with Crippen LogP contribution in [-0.2, 0) is 14.3 Å². The largest absolute Gasteiger partial charge is 0.454 e. The van der Waals surface area contributed by atoms with Crippen molar-refractivity contribution >= 4 is 52.6 Å². The van der Waals surface area contributed by atoms with E-state index in [9.17, 15) is 14.4 Å². The minimum Gasteiger partial charge on any atom is -0.454 e. The molecule has 0 unspecified atom stereocenters. The normalized spacial score (nSPS) is 15.5. The van der Waals surface area contributed by atoms with Crippen molar-refractivity contribution in [1.82, 2.24) is 0 Å². The van der Waals surface area contributed by atoms with Gasteiger partial charge < -0.3 is 10.1 Å². The molecule has 0 saturated heterocycles. The van der Waals surface area contributed by atoms with Crippen LogP contribution in [0, 0.1) is 0 Å². The van der Waals surface area contributed by atoms with Gasteiger partial charge in [-0.2, -0.15) is 0 Å². The molecule has 0 bridgehead atoms. The van der Waals surface area contributed by atoms with Crippen LogP contribution in [0.15, 0.2) is 42.5 Å². The molecule has 2 aromatic carbocycles. The predicted octanol–water partition coefficient (Wildman–Crippen LogP) is 4.49. The maximum Gasteiger partial charge on any atom is 0.331 e. The summed E-state index contributed by atoms with van der Waals surface area (Å²) in [6.45, 7) is 1.37. The average Bonchev–Trinajstić information content (AvgIpc) is 2.92. The highest BCUT2D eigenvalue weighted by atomic mass is 35.5. The van der Waals surface area contributed by atoms with Gasteiger partial charge in [-0.05, 0) is 54.5 Å². The van der Waals surface area contributed by atoms with Crippen LogP contribution >= 0.6 is 23.2 Å². The number of rotatable bonds is 5. The predicted molar refractivity (Wildman–Crippen MR) is 104 cm³/mol. The Morgan fingerprint density at radius 2 is 1.96 bits per heavy atom. The number of hydrogen-bond acceptors (Lipinski definition) is 4. The summed E-state index contributed by atoms with van der Waals surface area (Å²) in [5.41, 5.74) is 2.45. The van der Waals surface area contributed by atoms with Gasteiger partial charge in [0.15, 0.2) is 12.4 Å². The first-order chi connectivity index (χ1) is 12.8. The summed E-state index contributed by atoms with van der Waals surface area (Å²) >= 11 is 11.8. The second-order valence-corrected chi connectivity index (χ2v) is 6.89. The molecular formula is C20H15Cl2NO4. The first kappa shape index (κ1) is 19.1. The fourth-order valence-corrected chi connectivity index (χ4v) is 3.12. The topological polar surface area (TPSA) is 72.5 Å². The lowest BCUT2D eigenvalue weighted by molar-refractivity contribution is -0.136. The number of anilines is 1. The number of benzene rings is 2. The molecule has 1 aliphatic heterocycles. The van der Waals surface area contributed by atoms with Crippen LogP contribution in [0.2, 0.25) is 10.0 Å². The molecule has 3 rings (SSSR count). The van der Waals surface area contributed by atoms with Crippen molar-refractivity contribution in [1.29, 1.82) is 0 Å². The van der Waals surface area contributed by atoms with Crippen molar-refractivity contribution in [3.63, 3.8) is 0 Å². The van der Waals surface area contributed by atoms with Gasteiger partial charge in [-0.1, -0.05) is 29.3 Å². The van der Waals surface area contributed by atoms with E-state index in [2.05, 4.69) is 5.32 Å². The minimum atomic E-state index is -0.666. The smallest absolute Gasteiger partial charge is 0.331 e. The second-order valence-electron chi connectivity index (χ2n) is 6.04. The molecule has 1 N–H and O–H groups in total. The van der Waals surface area contributed by atoms with Crippen molar-refractivity contribution < 1.29 is 19.1 Å². The Morgan fingerprint density at radius 3 is 2.70 bits per heavy atom. The van der Waals surface area contributed by atoms with Crippen LogP contribution in [0.1, 0.15) is 34.3 Å². The van der Waals surface area contributed by atoms with E-state index in [0.717, 1.165) is 5.56 Å². The fraction of sp³-hybridized carbons (Fsp3) is 0.150. The second kappa shape index (κ2) is 7.94. The molecule has 0 aliphatic carbocycles. The third-order valence-corrected chi connectivity index (χ3v) is 4.76. The first-order valence-electron chi connectivity index (χ1n) is 8.13. The zero-order valence-electron chi connectivity index (χ0n) is 14.3. The Hall–Kier alpha value is -2.63. The molecule has 138 valence electrons. The first-order valence-corrected chi connectivity index (χ1v) is 8.88. The molecule has 5 nitrogen and oxygen atoms in total. The summed E-state index contributed by atoms with van der Waals surface area (Å²) in [4.78, 5) is 35.8. The van der Waals surface area contributed by atoms with E-state index in [1.54, 1.807) is 43.3 Å². The van der Waals surface area contributed by atoms with E-state index < -0.39 is 12.6 Å². The van der Waals surface area contributed by atoms with Crippen molar-refractivity contribution in [3.05, 3.63) is 69.2 Å². The minimum absolute atomic E-state index is 0.105. The van der Waals surface area contributed by atoms with Gasteiger partial charge in [0, 0.05) is 27.4 Å². The Bertz CT molecular complexity index is 968. The fourth-order valence-electron chi connectivity index (χ4n) is 2.65.